The zero-order chi connectivity index (χ0) is 14.9. The lowest BCUT2D eigenvalue weighted by Gasteiger charge is -2.09. The molecule has 2 rings (SSSR count). The van der Waals surface area contributed by atoms with Crippen LogP contribution in [0.1, 0.15) is 10.4 Å². The van der Waals surface area contributed by atoms with Gasteiger partial charge in [0.25, 0.3) is 5.91 Å². The highest BCUT2D eigenvalue weighted by Gasteiger charge is 2.17. The van der Waals surface area contributed by atoms with Crippen LogP contribution in [0.2, 0.25) is 0 Å². The van der Waals surface area contributed by atoms with Crippen molar-refractivity contribution in [1.82, 2.24) is 0 Å². The molecular weight excluding hydrogens is 403 g/mol. The van der Waals surface area contributed by atoms with Crippen LogP contribution in [-0.4, -0.2) is 5.91 Å². The van der Waals surface area contributed by atoms with Gasteiger partial charge in [0.15, 0.2) is 17.5 Å². The molecule has 2 aromatic carbocycles. The lowest BCUT2D eigenvalue weighted by molar-refractivity contribution is 0.102. The Morgan fingerprint density at radius 3 is 2.40 bits per heavy atom. The average molecular weight is 409 g/mol. The number of amides is 1. The number of hydrogen-bond donors (Lipinski definition) is 1. The summed E-state index contributed by atoms with van der Waals surface area (Å²) >= 11 is 6.38. The second kappa shape index (κ2) is 5.97. The summed E-state index contributed by atoms with van der Waals surface area (Å²) in [4.78, 5) is 12.0. The lowest BCUT2D eigenvalue weighted by atomic mass is 10.2. The molecule has 0 saturated carbocycles. The first-order chi connectivity index (χ1) is 9.40. The summed E-state index contributed by atoms with van der Waals surface area (Å²) in [5.41, 5.74) is -0.204. The van der Waals surface area contributed by atoms with E-state index in [9.17, 15) is 18.0 Å². The van der Waals surface area contributed by atoms with Crippen LogP contribution >= 0.6 is 31.9 Å². The van der Waals surface area contributed by atoms with Crippen molar-refractivity contribution < 1.29 is 18.0 Å². The van der Waals surface area contributed by atoms with E-state index >= 15 is 0 Å². The van der Waals surface area contributed by atoms with E-state index in [1.54, 1.807) is 12.1 Å². The molecule has 1 N–H and O–H groups in total. The first-order valence-corrected chi connectivity index (χ1v) is 6.88. The third-order valence-corrected chi connectivity index (χ3v) is 3.64. The SMILES string of the molecule is O=C(Nc1ccc(F)c(F)c1F)c1cc(Br)ccc1Br. The van der Waals surface area contributed by atoms with Gasteiger partial charge in [-0.2, -0.15) is 0 Å². The van der Waals surface area contributed by atoms with E-state index in [-0.39, 0.29) is 5.56 Å². The van der Waals surface area contributed by atoms with Crippen molar-refractivity contribution in [2.45, 2.75) is 0 Å². The Balaban J connectivity index is 2.33. The average Bonchev–Trinajstić information content (AvgIpc) is 2.42. The van der Waals surface area contributed by atoms with Crippen LogP contribution in [-0.2, 0) is 0 Å². The molecule has 0 saturated heterocycles. The van der Waals surface area contributed by atoms with E-state index in [2.05, 4.69) is 37.2 Å². The Labute approximate surface area is 129 Å². The van der Waals surface area contributed by atoms with E-state index in [0.29, 0.717) is 8.95 Å². The minimum absolute atomic E-state index is 0.225. The molecule has 0 aliphatic heterocycles. The Morgan fingerprint density at radius 1 is 1.00 bits per heavy atom. The molecule has 20 heavy (non-hydrogen) atoms. The second-order valence-electron chi connectivity index (χ2n) is 3.80. The van der Waals surface area contributed by atoms with Crippen LogP contribution in [0.25, 0.3) is 0 Å². The van der Waals surface area contributed by atoms with E-state index < -0.39 is 29.0 Å². The maximum Gasteiger partial charge on any atom is 0.256 e. The van der Waals surface area contributed by atoms with Gasteiger partial charge in [0.1, 0.15) is 0 Å². The third-order valence-electron chi connectivity index (χ3n) is 2.46. The molecule has 7 heteroatoms. The number of rotatable bonds is 2. The lowest BCUT2D eigenvalue weighted by Crippen LogP contribution is -2.14. The fourth-order valence-corrected chi connectivity index (χ4v) is 2.27. The summed E-state index contributed by atoms with van der Waals surface area (Å²) in [6.45, 7) is 0. The monoisotopic (exact) mass is 407 g/mol. The van der Waals surface area contributed by atoms with Crippen molar-refractivity contribution in [2.24, 2.45) is 0 Å². The van der Waals surface area contributed by atoms with Gasteiger partial charge in [-0.1, -0.05) is 15.9 Å². The number of nitrogens with one attached hydrogen (secondary N) is 1. The predicted octanol–water partition coefficient (Wildman–Crippen LogP) is 4.88. The molecule has 2 nitrogen and oxygen atoms in total. The first kappa shape index (κ1) is 15.1. The topological polar surface area (TPSA) is 29.1 Å². The molecule has 0 heterocycles. The van der Waals surface area contributed by atoms with E-state index in [0.717, 1.165) is 12.1 Å². The number of halogens is 5. The zero-order valence-corrected chi connectivity index (χ0v) is 12.9. The first-order valence-electron chi connectivity index (χ1n) is 5.30. The number of carbonyl (C=O) groups is 1. The minimum atomic E-state index is -1.63. The Morgan fingerprint density at radius 2 is 1.70 bits per heavy atom. The highest BCUT2D eigenvalue weighted by molar-refractivity contribution is 9.11. The largest absolute Gasteiger partial charge is 0.319 e. The third kappa shape index (κ3) is 3.04. The highest BCUT2D eigenvalue weighted by atomic mass is 79.9. The van der Waals surface area contributed by atoms with Crippen molar-refractivity contribution in [2.75, 3.05) is 5.32 Å². The molecule has 0 aliphatic carbocycles. The fraction of sp³-hybridized carbons (Fsp3) is 0. The molecule has 0 atom stereocenters. The number of hydrogen-bond acceptors (Lipinski definition) is 1. The van der Waals surface area contributed by atoms with Crippen molar-refractivity contribution in [3.63, 3.8) is 0 Å². The van der Waals surface area contributed by atoms with Crippen molar-refractivity contribution in [3.8, 4) is 0 Å². The van der Waals surface area contributed by atoms with Crippen LogP contribution in [0, 0.1) is 17.5 Å². The fourth-order valence-electron chi connectivity index (χ4n) is 1.48. The Hall–Kier alpha value is -1.34. The summed E-state index contributed by atoms with van der Waals surface area (Å²) < 4.78 is 40.5. The summed E-state index contributed by atoms with van der Waals surface area (Å²) in [5.74, 6) is -5.03. The molecule has 104 valence electrons. The van der Waals surface area contributed by atoms with Crippen LogP contribution in [0.15, 0.2) is 39.3 Å². The summed E-state index contributed by atoms with van der Waals surface area (Å²) in [5, 5.41) is 2.19. The van der Waals surface area contributed by atoms with Crippen molar-refractivity contribution >= 4 is 43.5 Å². The maximum atomic E-state index is 13.5. The van der Waals surface area contributed by atoms with Gasteiger partial charge in [-0.25, -0.2) is 13.2 Å². The zero-order valence-electron chi connectivity index (χ0n) is 9.68. The molecule has 0 radical (unpaired) electrons. The van der Waals surface area contributed by atoms with Gasteiger partial charge in [0, 0.05) is 8.95 Å². The minimum Gasteiger partial charge on any atom is -0.319 e. The van der Waals surface area contributed by atoms with Gasteiger partial charge < -0.3 is 5.32 Å². The Bertz CT molecular complexity index is 692. The molecule has 0 aliphatic rings. The smallest absolute Gasteiger partial charge is 0.256 e. The maximum absolute atomic E-state index is 13.5. The standard InChI is InChI=1S/C13H6Br2F3NO/c14-6-1-2-8(15)7(5-6)13(20)19-10-4-3-9(16)11(17)12(10)18/h1-5H,(H,19,20). The summed E-state index contributed by atoms with van der Waals surface area (Å²) in [6.07, 6.45) is 0. The van der Waals surface area contributed by atoms with Crippen LogP contribution < -0.4 is 5.32 Å². The number of carbonyl (C=O) groups excluding carboxylic acids is 1. The van der Waals surface area contributed by atoms with Crippen LogP contribution in [0.5, 0.6) is 0 Å². The normalized spacial score (nSPS) is 10.4. The number of anilines is 1. The predicted molar refractivity (Wildman–Crippen MR) is 76.1 cm³/mol. The van der Waals surface area contributed by atoms with Gasteiger partial charge in [-0.05, 0) is 46.3 Å². The number of benzene rings is 2. The van der Waals surface area contributed by atoms with Crippen molar-refractivity contribution in [1.29, 1.82) is 0 Å². The molecule has 1 amide bonds. The quantitative estimate of drug-likeness (QED) is 0.705. The molecule has 0 fully saturated rings. The molecule has 0 spiro atoms. The second-order valence-corrected chi connectivity index (χ2v) is 5.57. The molecule has 2 aromatic rings. The molecule has 0 unspecified atom stereocenters. The van der Waals surface area contributed by atoms with Crippen LogP contribution in [0.3, 0.4) is 0 Å². The van der Waals surface area contributed by atoms with Crippen LogP contribution in [0.4, 0.5) is 18.9 Å². The van der Waals surface area contributed by atoms with E-state index in [1.165, 1.54) is 6.07 Å². The summed E-state index contributed by atoms with van der Waals surface area (Å²) in [7, 11) is 0. The van der Waals surface area contributed by atoms with Gasteiger partial charge in [-0.15, -0.1) is 0 Å². The highest BCUT2D eigenvalue weighted by Crippen LogP contribution is 2.24. The van der Waals surface area contributed by atoms with Gasteiger partial charge in [0.05, 0.1) is 11.3 Å². The van der Waals surface area contributed by atoms with E-state index in [1.807, 2.05) is 0 Å². The Kier molecular flexibility index (Phi) is 4.49. The molecule has 0 aromatic heterocycles. The van der Waals surface area contributed by atoms with Gasteiger partial charge >= 0.3 is 0 Å². The molecular formula is C13H6Br2F3NO. The van der Waals surface area contributed by atoms with Gasteiger partial charge in [0.2, 0.25) is 0 Å². The van der Waals surface area contributed by atoms with Crippen molar-refractivity contribution in [3.05, 3.63) is 62.3 Å². The van der Waals surface area contributed by atoms with E-state index in [4.69, 9.17) is 0 Å². The van der Waals surface area contributed by atoms with Gasteiger partial charge in [-0.3, -0.25) is 4.79 Å². The summed E-state index contributed by atoms with van der Waals surface area (Å²) in [6, 6.07) is 6.54. The molecule has 0 bridgehead atoms.